The first-order valence-corrected chi connectivity index (χ1v) is 8.14. The zero-order valence-corrected chi connectivity index (χ0v) is 13.6. The number of rotatable bonds is 4. The SMILES string of the molecule is Cc1ccncc1Nc1nc(-c2cccc(-n3cnnn3)c2)cs1. The van der Waals surface area contributed by atoms with Crippen molar-refractivity contribution < 1.29 is 0 Å². The average molecular weight is 335 g/mol. The van der Waals surface area contributed by atoms with Crippen molar-refractivity contribution in [2.24, 2.45) is 0 Å². The second-order valence-electron chi connectivity index (χ2n) is 5.16. The first-order chi connectivity index (χ1) is 11.8. The molecular formula is C16H13N7S. The van der Waals surface area contributed by atoms with Crippen molar-refractivity contribution in [3.63, 3.8) is 0 Å². The van der Waals surface area contributed by atoms with Crippen molar-refractivity contribution in [3.05, 3.63) is 60.0 Å². The zero-order valence-electron chi connectivity index (χ0n) is 12.8. The lowest BCUT2D eigenvalue weighted by molar-refractivity contribution is 0.789. The number of aromatic nitrogens is 6. The largest absolute Gasteiger partial charge is 0.330 e. The third kappa shape index (κ3) is 2.86. The maximum Gasteiger partial charge on any atom is 0.187 e. The molecule has 0 aliphatic rings. The lowest BCUT2D eigenvalue weighted by atomic mass is 10.1. The predicted molar refractivity (Wildman–Crippen MR) is 92.5 cm³/mol. The van der Waals surface area contributed by atoms with Crippen LogP contribution < -0.4 is 5.32 Å². The summed E-state index contributed by atoms with van der Waals surface area (Å²) in [6.07, 6.45) is 5.14. The Bertz CT molecular complexity index is 962. The molecule has 24 heavy (non-hydrogen) atoms. The van der Waals surface area contributed by atoms with Crippen LogP contribution in [0.15, 0.2) is 54.4 Å². The number of thiazole rings is 1. The van der Waals surface area contributed by atoms with Gasteiger partial charge in [0.1, 0.15) is 6.33 Å². The first kappa shape index (κ1) is 14.5. The summed E-state index contributed by atoms with van der Waals surface area (Å²) < 4.78 is 1.62. The fourth-order valence-corrected chi connectivity index (χ4v) is 2.99. The topological polar surface area (TPSA) is 81.4 Å². The van der Waals surface area contributed by atoms with E-state index in [0.29, 0.717) is 0 Å². The van der Waals surface area contributed by atoms with Crippen molar-refractivity contribution in [3.8, 4) is 16.9 Å². The molecule has 3 aromatic heterocycles. The van der Waals surface area contributed by atoms with Gasteiger partial charge in [-0.05, 0) is 41.1 Å². The van der Waals surface area contributed by atoms with E-state index in [2.05, 4.69) is 30.8 Å². The number of nitrogens with one attached hydrogen (secondary N) is 1. The van der Waals surface area contributed by atoms with Gasteiger partial charge in [-0.1, -0.05) is 12.1 Å². The molecule has 0 bridgehead atoms. The molecule has 118 valence electrons. The third-order valence-corrected chi connectivity index (χ3v) is 4.30. The Kier molecular flexibility index (Phi) is 3.72. The molecule has 1 N–H and O–H groups in total. The molecule has 7 nitrogen and oxygen atoms in total. The van der Waals surface area contributed by atoms with Gasteiger partial charge in [-0.3, -0.25) is 4.98 Å². The van der Waals surface area contributed by atoms with Gasteiger partial charge in [-0.2, -0.15) is 0 Å². The summed E-state index contributed by atoms with van der Waals surface area (Å²) in [5.74, 6) is 0. The number of tetrazole rings is 1. The summed E-state index contributed by atoms with van der Waals surface area (Å²) >= 11 is 1.55. The molecule has 0 aliphatic heterocycles. The van der Waals surface area contributed by atoms with Gasteiger partial charge in [0.25, 0.3) is 0 Å². The molecule has 0 saturated heterocycles. The van der Waals surface area contributed by atoms with Crippen LogP contribution in [-0.2, 0) is 0 Å². The van der Waals surface area contributed by atoms with E-state index in [1.54, 1.807) is 34.7 Å². The minimum absolute atomic E-state index is 0.828. The van der Waals surface area contributed by atoms with Crippen LogP contribution in [0.4, 0.5) is 10.8 Å². The van der Waals surface area contributed by atoms with E-state index in [1.165, 1.54) is 0 Å². The highest BCUT2D eigenvalue weighted by Gasteiger charge is 2.08. The quantitative estimate of drug-likeness (QED) is 0.616. The summed E-state index contributed by atoms with van der Waals surface area (Å²) in [6, 6.07) is 9.90. The Morgan fingerprint density at radius 3 is 3.00 bits per heavy atom. The van der Waals surface area contributed by atoms with Crippen LogP contribution in [0.3, 0.4) is 0 Å². The maximum atomic E-state index is 4.66. The molecule has 3 heterocycles. The summed E-state index contributed by atoms with van der Waals surface area (Å²) in [5.41, 5.74) is 4.89. The lowest BCUT2D eigenvalue weighted by Crippen LogP contribution is -1.95. The number of hydrogen-bond donors (Lipinski definition) is 1. The summed E-state index contributed by atoms with van der Waals surface area (Å²) in [6.45, 7) is 2.04. The summed E-state index contributed by atoms with van der Waals surface area (Å²) in [4.78, 5) is 8.80. The molecule has 8 heteroatoms. The second-order valence-corrected chi connectivity index (χ2v) is 6.02. The zero-order chi connectivity index (χ0) is 16.4. The third-order valence-electron chi connectivity index (χ3n) is 3.54. The monoisotopic (exact) mass is 335 g/mol. The molecule has 0 fully saturated rings. The van der Waals surface area contributed by atoms with Gasteiger partial charge in [-0.25, -0.2) is 9.67 Å². The molecule has 0 spiro atoms. The van der Waals surface area contributed by atoms with Crippen molar-refractivity contribution >= 4 is 22.2 Å². The smallest absolute Gasteiger partial charge is 0.187 e. The van der Waals surface area contributed by atoms with E-state index in [9.17, 15) is 0 Å². The number of benzene rings is 1. The van der Waals surface area contributed by atoms with E-state index < -0.39 is 0 Å². The van der Waals surface area contributed by atoms with Crippen LogP contribution in [0, 0.1) is 6.92 Å². The highest BCUT2D eigenvalue weighted by molar-refractivity contribution is 7.14. The molecule has 0 amide bonds. The number of hydrogen-bond acceptors (Lipinski definition) is 7. The van der Waals surface area contributed by atoms with Gasteiger partial charge >= 0.3 is 0 Å². The Labute approximate surface area is 142 Å². The molecular weight excluding hydrogens is 322 g/mol. The fraction of sp³-hybridized carbons (Fsp3) is 0.0625. The minimum Gasteiger partial charge on any atom is -0.330 e. The normalized spacial score (nSPS) is 10.7. The van der Waals surface area contributed by atoms with Crippen LogP contribution >= 0.6 is 11.3 Å². The number of aryl methyl sites for hydroxylation is 1. The Morgan fingerprint density at radius 1 is 1.21 bits per heavy atom. The van der Waals surface area contributed by atoms with Crippen molar-refractivity contribution in [1.29, 1.82) is 0 Å². The molecule has 0 aliphatic carbocycles. The minimum atomic E-state index is 0.828. The van der Waals surface area contributed by atoms with Gasteiger partial charge in [-0.15, -0.1) is 16.4 Å². The standard InChI is InChI=1S/C16H13N7S/c1-11-5-6-17-8-14(11)19-16-20-15(9-24-16)12-3-2-4-13(7-12)23-10-18-21-22-23/h2-10H,1H3,(H,19,20). The fourth-order valence-electron chi connectivity index (χ4n) is 2.26. The van der Waals surface area contributed by atoms with Crippen molar-refractivity contribution in [2.75, 3.05) is 5.32 Å². The van der Waals surface area contributed by atoms with Crippen molar-refractivity contribution in [1.82, 2.24) is 30.2 Å². The van der Waals surface area contributed by atoms with Crippen LogP contribution in [0.1, 0.15) is 5.56 Å². The molecule has 1 aromatic carbocycles. The van der Waals surface area contributed by atoms with Crippen molar-refractivity contribution in [2.45, 2.75) is 6.92 Å². The highest BCUT2D eigenvalue weighted by Crippen LogP contribution is 2.28. The number of nitrogens with zero attached hydrogens (tertiary/aromatic N) is 6. The summed E-state index contributed by atoms with van der Waals surface area (Å²) in [7, 11) is 0. The molecule has 0 saturated carbocycles. The van der Waals surface area contributed by atoms with Gasteiger partial charge in [0, 0.05) is 17.1 Å². The molecule has 4 rings (SSSR count). The molecule has 0 atom stereocenters. The Morgan fingerprint density at radius 2 is 2.17 bits per heavy atom. The number of pyridine rings is 1. The van der Waals surface area contributed by atoms with Crippen LogP contribution in [0.2, 0.25) is 0 Å². The van der Waals surface area contributed by atoms with Crippen LogP contribution in [-0.4, -0.2) is 30.2 Å². The van der Waals surface area contributed by atoms with Crippen LogP contribution in [0.5, 0.6) is 0 Å². The number of anilines is 2. The Hall–Kier alpha value is -3.13. The average Bonchev–Trinajstić information content (AvgIpc) is 3.29. The van der Waals surface area contributed by atoms with Gasteiger partial charge in [0.2, 0.25) is 0 Å². The van der Waals surface area contributed by atoms with E-state index in [4.69, 9.17) is 0 Å². The van der Waals surface area contributed by atoms with Crippen LogP contribution in [0.25, 0.3) is 16.9 Å². The second kappa shape index (κ2) is 6.17. The van der Waals surface area contributed by atoms with E-state index in [0.717, 1.165) is 33.3 Å². The van der Waals surface area contributed by atoms with Gasteiger partial charge in [0.15, 0.2) is 5.13 Å². The summed E-state index contributed by atoms with van der Waals surface area (Å²) in [5, 5.41) is 17.4. The Balaban J connectivity index is 1.61. The maximum absolute atomic E-state index is 4.66. The van der Waals surface area contributed by atoms with E-state index >= 15 is 0 Å². The predicted octanol–water partition coefficient (Wildman–Crippen LogP) is 3.23. The highest BCUT2D eigenvalue weighted by atomic mass is 32.1. The lowest BCUT2D eigenvalue weighted by Gasteiger charge is -2.05. The van der Waals surface area contributed by atoms with Gasteiger partial charge < -0.3 is 5.32 Å². The van der Waals surface area contributed by atoms with Gasteiger partial charge in [0.05, 0.1) is 23.3 Å². The van der Waals surface area contributed by atoms with E-state index in [1.807, 2.05) is 42.6 Å². The molecule has 0 radical (unpaired) electrons. The van der Waals surface area contributed by atoms with E-state index in [-0.39, 0.29) is 0 Å². The molecule has 0 unspecified atom stereocenters. The first-order valence-electron chi connectivity index (χ1n) is 7.26. The molecule has 4 aromatic rings.